The zero-order chi connectivity index (χ0) is 11.0. The lowest BCUT2D eigenvalue weighted by Gasteiger charge is -2.18. The number of fused-ring (bicyclic) bond motifs is 1. The maximum Gasteiger partial charge on any atom is 0.138 e. The van der Waals surface area contributed by atoms with E-state index in [1.165, 1.54) is 0 Å². The summed E-state index contributed by atoms with van der Waals surface area (Å²) in [6, 6.07) is 10.1. The Morgan fingerprint density at radius 1 is 1.25 bits per heavy atom. The van der Waals surface area contributed by atoms with Crippen molar-refractivity contribution in [3.05, 3.63) is 42.4 Å². The van der Waals surface area contributed by atoms with Gasteiger partial charge in [-0.15, -0.1) is 0 Å². The first-order valence-electron chi connectivity index (χ1n) is 5.65. The maximum atomic E-state index is 9.84. The first-order chi connectivity index (χ1) is 7.84. The summed E-state index contributed by atoms with van der Waals surface area (Å²) in [5, 5.41) is 9.84. The number of aromatic nitrogens is 2. The predicted octanol–water partition coefficient (Wildman–Crippen LogP) is 2.38. The molecular formula is C13H14N2O. The molecule has 1 aromatic carbocycles. The molecule has 0 fully saturated rings. The fourth-order valence-electron chi connectivity index (χ4n) is 2.21. The summed E-state index contributed by atoms with van der Waals surface area (Å²) >= 11 is 0. The topological polar surface area (TPSA) is 38.0 Å². The van der Waals surface area contributed by atoms with Crippen molar-refractivity contribution in [3.63, 3.8) is 0 Å². The molecule has 0 aliphatic carbocycles. The van der Waals surface area contributed by atoms with Crippen molar-refractivity contribution in [1.29, 1.82) is 0 Å². The van der Waals surface area contributed by atoms with Crippen LogP contribution < -0.4 is 0 Å². The third-order valence-corrected chi connectivity index (χ3v) is 3.05. The third-order valence-electron chi connectivity index (χ3n) is 3.05. The van der Waals surface area contributed by atoms with Crippen LogP contribution in [0, 0.1) is 0 Å². The lowest BCUT2D eigenvalue weighted by Crippen LogP contribution is -2.14. The Morgan fingerprint density at radius 3 is 2.81 bits per heavy atom. The molecule has 0 radical (unpaired) electrons. The molecule has 0 bridgehead atoms. The van der Waals surface area contributed by atoms with E-state index >= 15 is 0 Å². The third kappa shape index (κ3) is 1.53. The molecule has 82 valence electrons. The largest absolute Gasteiger partial charge is 0.385 e. The standard InChI is InChI=1S/C13H14N2O/c16-12-7-4-8-15-9-11(14-13(12)15)10-5-2-1-3-6-10/h1-3,5-6,9,12,16H,4,7-8H2/t12-/m1/s1. The average Bonchev–Trinajstić information content (AvgIpc) is 2.76. The van der Waals surface area contributed by atoms with Crippen LogP contribution in [0.5, 0.6) is 0 Å². The number of hydrogen-bond donors (Lipinski definition) is 1. The van der Waals surface area contributed by atoms with Crippen LogP contribution >= 0.6 is 0 Å². The molecule has 3 nitrogen and oxygen atoms in total. The number of aryl methyl sites for hydroxylation is 1. The Kier molecular flexibility index (Phi) is 2.26. The maximum absolute atomic E-state index is 9.84. The molecule has 2 heterocycles. The van der Waals surface area contributed by atoms with Gasteiger partial charge in [0, 0.05) is 18.3 Å². The van der Waals surface area contributed by atoms with Crippen LogP contribution in [0.4, 0.5) is 0 Å². The molecule has 3 heteroatoms. The van der Waals surface area contributed by atoms with Crippen molar-refractivity contribution in [3.8, 4) is 11.3 Å². The molecule has 0 amide bonds. The zero-order valence-electron chi connectivity index (χ0n) is 9.00. The quantitative estimate of drug-likeness (QED) is 0.791. The Morgan fingerprint density at radius 2 is 2.06 bits per heavy atom. The van der Waals surface area contributed by atoms with E-state index in [-0.39, 0.29) is 0 Å². The van der Waals surface area contributed by atoms with Crippen LogP contribution in [0.15, 0.2) is 36.5 Å². The minimum atomic E-state index is -0.397. The minimum Gasteiger partial charge on any atom is -0.385 e. The van der Waals surface area contributed by atoms with E-state index in [9.17, 15) is 5.11 Å². The van der Waals surface area contributed by atoms with Gasteiger partial charge in [0.15, 0.2) is 0 Å². The predicted molar refractivity (Wildman–Crippen MR) is 61.9 cm³/mol. The second-order valence-electron chi connectivity index (χ2n) is 4.20. The Balaban J connectivity index is 2.05. The molecule has 0 saturated carbocycles. The lowest BCUT2D eigenvalue weighted by atomic mass is 10.1. The van der Waals surface area contributed by atoms with Gasteiger partial charge in [0.05, 0.1) is 5.69 Å². The molecule has 1 atom stereocenters. The molecule has 0 saturated heterocycles. The molecule has 0 unspecified atom stereocenters. The van der Waals surface area contributed by atoms with Gasteiger partial charge in [-0.2, -0.15) is 0 Å². The van der Waals surface area contributed by atoms with Gasteiger partial charge in [-0.25, -0.2) is 4.98 Å². The van der Waals surface area contributed by atoms with Gasteiger partial charge < -0.3 is 9.67 Å². The number of rotatable bonds is 1. The van der Waals surface area contributed by atoms with Crippen LogP contribution in [0.3, 0.4) is 0 Å². The highest BCUT2D eigenvalue weighted by Crippen LogP contribution is 2.27. The molecule has 0 spiro atoms. The monoisotopic (exact) mass is 214 g/mol. The summed E-state index contributed by atoms with van der Waals surface area (Å²) in [6.45, 7) is 0.965. The normalized spacial score (nSPS) is 19.4. The number of benzene rings is 1. The molecule has 2 aromatic rings. The minimum absolute atomic E-state index is 0.397. The van der Waals surface area contributed by atoms with Crippen molar-refractivity contribution in [1.82, 2.24) is 9.55 Å². The molecule has 1 aliphatic rings. The van der Waals surface area contributed by atoms with Gasteiger partial charge in [0.25, 0.3) is 0 Å². The van der Waals surface area contributed by atoms with E-state index in [1.54, 1.807) is 0 Å². The lowest BCUT2D eigenvalue weighted by molar-refractivity contribution is 0.134. The summed E-state index contributed by atoms with van der Waals surface area (Å²) < 4.78 is 2.07. The summed E-state index contributed by atoms with van der Waals surface area (Å²) in [7, 11) is 0. The number of aliphatic hydroxyl groups excluding tert-OH is 1. The van der Waals surface area contributed by atoms with E-state index in [0.29, 0.717) is 0 Å². The van der Waals surface area contributed by atoms with Crippen LogP contribution in [0.25, 0.3) is 11.3 Å². The highest BCUT2D eigenvalue weighted by Gasteiger charge is 2.20. The highest BCUT2D eigenvalue weighted by atomic mass is 16.3. The Bertz CT molecular complexity index is 490. The van der Waals surface area contributed by atoms with E-state index in [2.05, 4.69) is 9.55 Å². The van der Waals surface area contributed by atoms with Crippen LogP contribution in [-0.2, 0) is 6.54 Å². The number of nitrogens with zero attached hydrogens (tertiary/aromatic N) is 2. The SMILES string of the molecule is O[C@@H]1CCCn2cc(-c3ccccc3)nc21. The van der Waals surface area contributed by atoms with Gasteiger partial charge >= 0.3 is 0 Å². The van der Waals surface area contributed by atoms with Gasteiger partial charge in [-0.1, -0.05) is 30.3 Å². The molecule has 1 aliphatic heterocycles. The first kappa shape index (κ1) is 9.60. The zero-order valence-corrected chi connectivity index (χ0v) is 9.00. The van der Waals surface area contributed by atoms with Gasteiger partial charge in [0.2, 0.25) is 0 Å². The molecular weight excluding hydrogens is 200 g/mol. The second kappa shape index (κ2) is 3.76. The van der Waals surface area contributed by atoms with E-state index < -0.39 is 6.10 Å². The Labute approximate surface area is 94.4 Å². The number of aliphatic hydroxyl groups is 1. The van der Waals surface area contributed by atoms with Crippen molar-refractivity contribution in [2.24, 2.45) is 0 Å². The van der Waals surface area contributed by atoms with Crippen molar-refractivity contribution in [2.45, 2.75) is 25.5 Å². The Hall–Kier alpha value is -1.61. The van der Waals surface area contributed by atoms with Crippen molar-refractivity contribution >= 4 is 0 Å². The van der Waals surface area contributed by atoms with Crippen molar-refractivity contribution < 1.29 is 5.11 Å². The van der Waals surface area contributed by atoms with Gasteiger partial charge in [-0.05, 0) is 12.8 Å². The van der Waals surface area contributed by atoms with Crippen LogP contribution in [0.2, 0.25) is 0 Å². The van der Waals surface area contributed by atoms with E-state index in [4.69, 9.17) is 0 Å². The van der Waals surface area contributed by atoms with E-state index in [1.807, 2.05) is 36.5 Å². The fourth-order valence-corrected chi connectivity index (χ4v) is 2.21. The molecule has 1 aromatic heterocycles. The van der Waals surface area contributed by atoms with Crippen molar-refractivity contribution in [2.75, 3.05) is 0 Å². The molecule has 3 rings (SSSR count). The fraction of sp³-hybridized carbons (Fsp3) is 0.308. The summed E-state index contributed by atoms with van der Waals surface area (Å²) in [4.78, 5) is 4.51. The average molecular weight is 214 g/mol. The first-order valence-corrected chi connectivity index (χ1v) is 5.65. The molecule has 1 N–H and O–H groups in total. The van der Waals surface area contributed by atoms with Crippen LogP contribution in [0.1, 0.15) is 24.8 Å². The molecule has 16 heavy (non-hydrogen) atoms. The van der Waals surface area contributed by atoms with Crippen LogP contribution in [-0.4, -0.2) is 14.7 Å². The summed E-state index contributed by atoms with van der Waals surface area (Å²) in [5.41, 5.74) is 2.06. The van der Waals surface area contributed by atoms with Gasteiger partial charge in [0.1, 0.15) is 11.9 Å². The van der Waals surface area contributed by atoms with Gasteiger partial charge in [-0.3, -0.25) is 0 Å². The second-order valence-corrected chi connectivity index (χ2v) is 4.20. The number of hydrogen-bond acceptors (Lipinski definition) is 2. The summed E-state index contributed by atoms with van der Waals surface area (Å²) in [6.07, 6.45) is 3.49. The summed E-state index contributed by atoms with van der Waals surface area (Å²) in [5.74, 6) is 0.810. The smallest absolute Gasteiger partial charge is 0.138 e. The number of imidazole rings is 1. The highest BCUT2D eigenvalue weighted by molar-refractivity contribution is 5.58. The van der Waals surface area contributed by atoms with E-state index in [0.717, 1.165) is 36.5 Å².